The van der Waals surface area contributed by atoms with Crippen LogP contribution in [0.1, 0.15) is 24.8 Å². The molecule has 0 saturated carbocycles. The van der Waals surface area contributed by atoms with Gasteiger partial charge >= 0.3 is 12.0 Å². The van der Waals surface area contributed by atoms with Crippen LogP contribution in [0.2, 0.25) is 0 Å². The summed E-state index contributed by atoms with van der Waals surface area (Å²) in [7, 11) is 0. The molecule has 0 fully saturated rings. The topological polar surface area (TPSA) is 98.1 Å². The van der Waals surface area contributed by atoms with Gasteiger partial charge in [-0.05, 0) is 25.3 Å². The van der Waals surface area contributed by atoms with Crippen LogP contribution in [0, 0.1) is 0 Å². The third-order valence-electron chi connectivity index (χ3n) is 4.89. The van der Waals surface area contributed by atoms with Gasteiger partial charge in [0.05, 0.1) is 18.2 Å². The van der Waals surface area contributed by atoms with Gasteiger partial charge in [0.25, 0.3) is 0 Å². The third kappa shape index (κ3) is 4.56. The minimum Gasteiger partial charge on any atom is -0.463 e. The van der Waals surface area contributed by atoms with E-state index < -0.39 is 12.0 Å². The van der Waals surface area contributed by atoms with Crippen molar-refractivity contribution >= 4 is 35.1 Å². The monoisotopic (exact) mass is 469 g/mol. The molecule has 2 aromatic heterocycles. The van der Waals surface area contributed by atoms with Crippen LogP contribution in [0.5, 0.6) is 0 Å². The molecule has 0 aliphatic carbocycles. The number of aromatic nitrogens is 3. The summed E-state index contributed by atoms with van der Waals surface area (Å²) >= 11 is 2.90. The fraction of sp³-hybridized carbons (Fsp3) is 0.273. The Labute approximate surface area is 194 Å². The van der Waals surface area contributed by atoms with E-state index in [0.717, 1.165) is 16.3 Å². The maximum atomic E-state index is 12.8. The highest BCUT2D eigenvalue weighted by Crippen LogP contribution is 2.33. The summed E-state index contributed by atoms with van der Waals surface area (Å²) in [5.41, 5.74) is 1.91. The maximum Gasteiger partial charge on any atom is 0.338 e. The second-order valence-corrected chi connectivity index (χ2v) is 8.79. The minimum absolute atomic E-state index is 0.248. The van der Waals surface area contributed by atoms with Crippen LogP contribution in [-0.2, 0) is 16.1 Å². The number of hydrogen-bond donors (Lipinski definition) is 2. The lowest BCUT2D eigenvalue weighted by atomic mass is 10.0. The van der Waals surface area contributed by atoms with E-state index in [1.165, 1.54) is 23.1 Å². The molecule has 0 unspecified atom stereocenters. The Morgan fingerprint density at radius 1 is 1.19 bits per heavy atom. The first-order chi connectivity index (χ1) is 15.6. The molecule has 1 aromatic carbocycles. The number of carbonyl (C=O) groups is 2. The van der Waals surface area contributed by atoms with Gasteiger partial charge in [-0.1, -0.05) is 48.2 Å². The van der Waals surface area contributed by atoms with E-state index >= 15 is 0 Å². The molecule has 2 N–H and O–H groups in total. The number of nitrogens with one attached hydrogen (secondary N) is 2. The molecular weight excluding hydrogens is 446 g/mol. The Bertz CT molecular complexity index is 1130. The first-order valence-corrected chi connectivity index (χ1v) is 12.1. The molecule has 32 heavy (non-hydrogen) atoms. The SMILES string of the molecule is CCOC(=O)C1=C(CSc2nnc(-c3ccccc3)n2CC)NC(=O)N[C@H]1c1cccs1. The molecule has 2 amide bonds. The van der Waals surface area contributed by atoms with Crippen molar-refractivity contribution in [3.8, 4) is 11.4 Å². The van der Waals surface area contributed by atoms with E-state index in [0.29, 0.717) is 28.7 Å². The van der Waals surface area contributed by atoms with Gasteiger partial charge in [0.2, 0.25) is 0 Å². The molecule has 0 saturated heterocycles. The number of carbonyl (C=O) groups excluding carboxylic acids is 2. The molecule has 4 rings (SSSR count). The van der Waals surface area contributed by atoms with Crippen molar-refractivity contribution in [1.82, 2.24) is 25.4 Å². The zero-order chi connectivity index (χ0) is 22.5. The van der Waals surface area contributed by atoms with E-state index in [1.54, 1.807) is 6.92 Å². The van der Waals surface area contributed by atoms with Crippen LogP contribution in [0.3, 0.4) is 0 Å². The van der Waals surface area contributed by atoms with Crippen molar-refractivity contribution in [2.45, 2.75) is 31.6 Å². The molecule has 1 aliphatic rings. The number of nitrogens with zero attached hydrogens (tertiary/aromatic N) is 3. The maximum absolute atomic E-state index is 12.8. The van der Waals surface area contributed by atoms with Gasteiger partial charge in [0, 0.05) is 28.4 Å². The summed E-state index contributed by atoms with van der Waals surface area (Å²) in [5.74, 6) is 0.674. The summed E-state index contributed by atoms with van der Waals surface area (Å²) < 4.78 is 7.33. The Morgan fingerprint density at radius 2 is 2.00 bits per heavy atom. The Hall–Kier alpha value is -3.11. The van der Waals surface area contributed by atoms with Gasteiger partial charge in [0.15, 0.2) is 11.0 Å². The molecule has 1 atom stereocenters. The summed E-state index contributed by atoms with van der Waals surface area (Å²) in [6.45, 7) is 4.73. The highest BCUT2D eigenvalue weighted by molar-refractivity contribution is 7.99. The second-order valence-electron chi connectivity index (χ2n) is 6.86. The molecular formula is C22H23N5O3S2. The summed E-state index contributed by atoms with van der Waals surface area (Å²) in [4.78, 5) is 26.1. The van der Waals surface area contributed by atoms with Crippen molar-refractivity contribution in [3.05, 3.63) is 64.0 Å². The van der Waals surface area contributed by atoms with Crippen LogP contribution in [-0.4, -0.2) is 39.1 Å². The molecule has 0 spiro atoms. The zero-order valence-corrected chi connectivity index (χ0v) is 19.3. The quantitative estimate of drug-likeness (QED) is 0.382. The molecule has 0 radical (unpaired) electrons. The number of hydrogen-bond acceptors (Lipinski definition) is 7. The Balaban J connectivity index is 1.65. The zero-order valence-electron chi connectivity index (χ0n) is 17.7. The average Bonchev–Trinajstić information content (AvgIpc) is 3.48. The number of esters is 1. The van der Waals surface area contributed by atoms with Crippen molar-refractivity contribution in [2.75, 3.05) is 12.4 Å². The number of urea groups is 1. The van der Waals surface area contributed by atoms with Crippen LogP contribution in [0.25, 0.3) is 11.4 Å². The third-order valence-corrected chi connectivity index (χ3v) is 6.82. The fourth-order valence-corrected chi connectivity index (χ4v) is 5.22. The predicted octanol–water partition coefficient (Wildman–Crippen LogP) is 3.99. The average molecular weight is 470 g/mol. The van der Waals surface area contributed by atoms with Crippen molar-refractivity contribution in [2.24, 2.45) is 0 Å². The molecule has 3 heterocycles. The number of ether oxygens (including phenoxy) is 1. The lowest BCUT2D eigenvalue weighted by Crippen LogP contribution is -2.46. The molecule has 10 heteroatoms. The van der Waals surface area contributed by atoms with Gasteiger partial charge in [-0.2, -0.15) is 0 Å². The number of rotatable bonds is 8. The number of thiophene rings is 1. The Kier molecular flexibility index (Phi) is 6.91. The predicted molar refractivity (Wildman–Crippen MR) is 124 cm³/mol. The molecule has 1 aliphatic heterocycles. The lowest BCUT2D eigenvalue weighted by Gasteiger charge is -2.28. The number of amides is 2. The van der Waals surface area contributed by atoms with Crippen LogP contribution < -0.4 is 10.6 Å². The van der Waals surface area contributed by atoms with E-state index in [2.05, 4.69) is 20.8 Å². The largest absolute Gasteiger partial charge is 0.463 e. The van der Waals surface area contributed by atoms with Gasteiger partial charge < -0.3 is 19.9 Å². The smallest absolute Gasteiger partial charge is 0.338 e. The normalized spacial score (nSPS) is 15.9. The van der Waals surface area contributed by atoms with E-state index in [9.17, 15) is 9.59 Å². The number of benzene rings is 1. The molecule has 8 nitrogen and oxygen atoms in total. The molecule has 0 bridgehead atoms. The van der Waals surface area contributed by atoms with Gasteiger partial charge in [0.1, 0.15) is 0 Å². The Morgan fingerprint density at radius 3 is 2.69 bits per heavy atom. The van der Waals surface area contributed by atoms with Gasteiger partial charge in [-0.25, -0.2) is 9.59 Å². The first kappa shape index (κ1) is 22.1. The van der Waals surface area contributed by atoms with Crippen LogP contribution in [0.4, 0.5) is 4.79 Å². The van der Waals surface area contributed by atoms with Crippen molar-refractivity contribution in [3.63, 3.8) is 0 Å². The summed E-state index contributed by atoms with van der Waals surface area (Å²) in [6, 6.07) is 12.7. The standard InChI is InChI=1S/C22H23N5O3S2/c1-3-27-19(14-9-6-5-7-10-14)25-26-22(27)32-13-15-17(20(28)30-4-2)18(24-21(29)23-15)16-11-8-12-31-16/h5-12,18H,3-4,13H2,1-2H3,(H2,23,24,29)/t18-/m0/s1. The van der Waals surface area contributed by atoms with Crippen molar-refractivity contribution < 1.29 is 14.3 Å². The lowest BCUT2D eigenvalue weighted by molar-refractivity contribution is -0.139. The van der Waals surface area contributed by atoms with E-state index in [-0.39, 0.29) is 12.6 Å². The van der Waals surface area contributed by atoms with Crippen LogP contribution in [0.15, 0.2) is 64.3 Å². The summed E-state index contributed by atoms with van der Waals surface area (Å²) in [5, 5.41) is 17.0. The highest BCUT2D eigenvalue weighted by Gasteiger charge is 2.34. The second kappa shape index (κ2) is 10.0. The minimum atomic E-state index is -0.553. The molecule has 166 valence electrons. The van der Waals surface area contributed by atoms with Gasteiger partial charge in [-0.15, -0.1) is 21.5 Å². The summed E-state index contributed by atoms with van der Waals surface area (Å²) in [6.07, 6.45) is 0. The van der Waals surface area contributed by atoms with E-state index in [1.807, 2.05) is 59.3 Å². The first-order valence-electron chi connectivity index (χ1n) is 10.2. The number of thioether (sulfide) groups is 1. The highest BCUT2D eigenvalue weighted by atomic mass is 32.2. The van der Waals surface area contributed by atoms with Gasteiger partial charge in [-0.3, -0.25) is 0 Å². The molecule has 3 aromatic rings. The van der Waals surface area contributed by atoms with Crippen molar-refractivity contribution in [1.29, 1.82) is 0 Å². The van der Waals surface area contributed by atoms with E-state index in [4.69, 9.17) is 4.74 Å². The van der Waals surface area contributed by atoms with Crippen LogP contribution >= 0.6 is 23.1 Å². The fourth-order valence-electron chi connectivity index (χ4n) is 3.47.